The van der Waals surface area contributed by atoms with Crippen LogP contribution in [0.15, 0.2) is 48.5 Å². The first-order valence-corrected chi connectivity index (χ1v) is 7.46. The molecule has 5 heteroatoms. The second-order valence-corrected chi connectivity index (χ2v) is 5.81. The number of ether oxygens (including phenoxy) is 1. The summed E-state index contributed by atoms with van der Waals surface area (Å²) >= 11 is 0. The second-order valence-electron chi connectivity index (χ2n) is 5.81. The summed E-state index contributed by atoms with van der Waals surface area (Å²) < 4.78 is 5.13. The summed E-state index contributed by atoms with van der Waals surface area (Å²) in [6.07, 6.45) is -0.524. The maximum atomic E-state index is 12.0. The van der Waals surface area contributed by atoms with Crippen molar-refractivity contribution in [3.8, 4) is 11.5 Å². The molecule has 120 valence electrons. The summed E-state index contributed by atoms with van der Waals surface area (Å²) in [5, 5.41) is 29.7. The molecule has 1 saturated heterocycles. The number of phenols is 2. The minimum atomic E-state index is -0.907. The smallest absolute Gasteiger partial charge is 0.309 e. The number of carbonyl (C=O) groups is 1. The summed E-state index contributed by atoms with van der Waals surface area (Å²) in [6.45, 7) is 0.138. The number of aliphatic hydroxyl groups excluding tert-OH is 1. The van der Waals surface area contributed by atoms with Crippen LogP contribution in [0.3, 0.4) is 0 Å². The van der Waals surface area contributed by atoms with E-state index in [4.69, 9.17) is 4.74 Å². The molecule has 0 amide bonds. The summed E-state index contributed by atoms with van der Waals surface area (Å²) in [4.78, 5) is 12.0. The van der Waals surface area contributed by atoms with Crippen molar-refractivity contribution in [1.29, 1.82) is 0 Å². The molecule has 0 aromatic heterocycles. The first kappa shape index (κ1) is 15.4. The van der Waals surface area contributed by atoms with Gasteiger partial charge in [-0.2, -0.15) is 0 Å². The molecule has 0 spiro atoms. The number of rotatable bonds is 4. The maximum absolute atomic E-state index is 12.0. The van der Waals surface area contributed by atoms with E-state index in [9.17, 15) is 20.1 Å². The lowest BCUT2D eigenvalue weighted by molar-refractivity contribution is -0.141. The zero-order valence-corrected chi connectivity index (χ0v) is 12.4. The lowest BCUT2D eigenvalue weighted by atomic mass is 9.83. The summed E-state index contributed by atoms with van der Waals surface area (Å²) in [5.41, 5.74) is 1.36. The summed E-state index contributed by atoms with van der Waals surface area (Å²) in [7, 11) is 0. The lowest BCUT2D eigenvalue weighted by Gasteiger charge is -2.21. The van der Waals surface area contributed by atoms with E-state index in [2.05, 4.69) is 0 Å². The van der Waals surface area contributed by atoms with Gasteiger partial charge in [-0.15, -0.1) is 0 Å². The quantitative estimate of drug-likeness (QED) is 0.753. The molecule has 5 nitrogen and oxygen atoms in total. The Balaban J connectivity index is 1.82. The number of benzene rings is 2. The molecule has 0 radical (unpaired) electrons. The van der Waals surface area contributed by atoms with Crippen LogP contribution in [0.1, 0.15) is 17.2 Å². The van der Waals surface area contributed by atoms with Crippen molar-refractivity contribution in [1.82, 2.24) is 0 Å². The van der Waals surface area contributed by atoms with Gasteiger partial charge in [0, 0.05) is 5.92 Å². The minimum absolute atomic E-state index is 0.0660. The fraction of sp³-hybridized carbons (Fsp3) is 0.278. The Labute approximate surface area is 133 Å². The predicted molar refractivity (Wildman–Crippen MR) is 82.8 cm³/mol. The van der Waals surface area contributed by atoms with Gasteiger partial charge >= 0.3 is 5.97 Å². The molecule has 3 N–H and O–H groups in total. The van der Waals surface area contributed by atoms with Crippen molar-refractivity contribution in [2.45, 2.75) is 12.5 Å². The molecule has 1 heterocycles. The number of hydrogen-bond acceptors (Lipinski definition) is 5. The van der Waals surface area contributed by atoms with Gasteiger partial charge in [-0.3, -0.25) is 4.79 Å². The highest BCUT2D eigenvalue weighted by Gasteiger charge is 2.41. The van der Waals surface area contributed by atoms with E-state index in [1.165, 1.54) is 12.1 Å². The third-order valence-corrected chi connectivity index (χ3v) is 4.22. The van der Waals surface area contributed by atoms with E-state index < -0.39 is 17.9 Å². The zero-order chi connectivity index (χ0) is 16.4. The standard InChI is InChI=1S/C18H18O5/c19-13-5-1-3-11(7-13)8-15-16(10-23-18(15)22)17(21)12-4-2-6-14(20)9-12/h1-7,9,15-17,19-21H,8,10H2/t15-,16+,17?/m1/s1. The molecule has 1 unspecified atom stereocenters. The van der Waals surface area contributed by atoms with Crippen LogP contribution in [-0.2, 0) is 16.0 Å². The average molecular weight is 314 g/mol. The van der Waals surface area contributed by atoms with Gasteiger partial charge in [-0.1, -0.05) is 24.3 Å². The van der Waals surface area contributed by atoms with Crippen LogP contribution in [0.4, 0.5) is 0 Å². The topological polar surface area (TPSA) is 87.0 Å². The van der Waals surface area contributed by atoms with Crippen molar-refractivity contribution in [2.75, 3.05) is 6.61 Å². The van der Waals surface area contributed by atoms with Gasteiger partial charge in [-0.05, 0) is 41.8 Å². The third kappa shape index (κ3) is 3.29. The molecule has 2 aromatic carbocycles. The Morgan fingerprint density at radius 2 is 1.78 bits per heavy atom. The number of phenolic OH excluding ortho intramolecular Hbond substituents is 2. The van der Waals surface area contributed by atoms with Gasteiger partial charge in [0.2, 0.25) is 0 Å². The Bertz CT molecular complexity index is 712. The average Bonchev–Trinajstić information content (AvgIpc) is 2.88. The Kier molecular flexibility index (Phi) is 4.21. The van der Waals surface area contributed by atoms with Crippen molar-refractivity contribution < 1.29 is 24.9 Å². The molecule has 0 aliphatic carbocycles. The molecule has 0 bridgehead atoms. The van der Waals surface area contributed by atoms with E-state index in [1.54, 1.807) is 30.3 Å². The number of hydrogen-bond donors (Lipinski definition) is 3. The zero-order valence-electron chi connectivity index (χ0n) is 12.4. The third-order valence-electron chi connectivity index (χ3n) is 4.22. The van der Waals surface area contributed by atoms with Crippen LogP contribution in [0, 0.1) is 11.8 Å². The van der Waals surface area contributed by atoms with E-state index >= 15 is 0 Å². The van der Waals surface area contributed by atoms with Gasteiger partial charge in [0.15, 0.2) is 0 Å². The first-order valence-electron chi connectivity index (χ1n) is 7.46. The number of carbonyl (C=O) groups excluding carboxylic acids is 1. The number of esters is 1. The van der Waals surface area contributed by atoms with E-state index in [1.807, 2.05) is 6.07 Å². The van der Waals surface area contributed by atoms with Crippen LogP contribution >= 0.6 is 0 Å². The highest BCUT2D eigenvalue weighted by atomic mass is 16.5. The van der Waals surface area contributed by atoms with Crippen LogP contribution in [0.5, 0.6) is 11.5 Å². The van der Waals surface area contributed by atoms with Gasteiger partial charge in [0.05, 0.1) is 18.6 Å². The molecule has 1 fully saturated rings. The van der Waals surface area contributed by atoms with Gasteiger partial charge < -0.3 is 20.1 Å². The monoisotopic (exact) mass is 314 g/mol. The molecular weight excluding hydrogens is 296 g/mol. The van der Waals surface area contributed by atoms with Crippen molar-refractivity contribution in [3.05, 3.63) is 59.7 Å². The summed E-state index contributed by atoms with van der Waals surface area (Å²) in [5.74, 6) is -1.03. The van der Waals surface area contributed by atoms with Crippen molar-refractivity contribution in [3.63, 3.8) is 0 Å². The van der Waals surface area contributed by atoms with E-state index in [0.29, 0.717) is 12.0 Å². The van der Waals surface area contributed by atoms with Crippen LogP contribution < -0.4 is 0 Å². The Morgan fingerprint density at radius 3 is 2.48 bits per heavy atom. The second kappa shape index (κ2) is 6.30. The van der Waals surface area contributed by atoms with Crippen molar-refractivity contribution in [2.24, 2.45) is 11.8 Å². The van der Waals surface area contributed by atoms with Gasteiger partial charge in [0.1, 0.15) is 11.5 Å². The molecule has 1 aliphatic heterocycles. The highest BCUT2D eigenvalue weighted by molar-refractivity contribution is 5.75. The molecular formula is C18H18O5. The minimum Gasteiger partial charge on any atom is -0.508 e. The Morgan fingerprint density at radius 1 is 1.09 bits per heavy atom. The van der Waals surface area contributed by atoms with Crippen LogP contribution in [0.2, 0.25) is 0 Å². The lowest BCUT2D eigenvalue weighted by Crippen LogP contribution is -2.24. The van der Waals surface area contributed by atoms with Crippen molar-refractivity contribution >= 4 is 5.97 Å². The largest absolute Gasteiger partial charge is 0.508 e. The van der Waals surface area contributed by atoms with E-state index in [0.717, 1.165) is 5.56 Å². The molecule has 3 atom stereocenters. The number of cyclic esters (lactones) is 1. The molecule has 23 heavy (non-hydrogen) atoms. The molecule has 3 rings (SSSR count). The molecule has 0 saturated carbocycles. The van der Waals surface area contributed by atoms with Gasteiger partial charge in [0.25, 0.3) is 0 Å². The molecule has 1 aliphatic rings. The predicted octanol–water partition coefficient (Wildman–Crippen LogP) is 2.16. The van der Waals surface area contributed by atoms with Crippen LogP contribution in [0.25, 0.3) is 0 Å². The normalized spacial score (nSPS) is 21.9. The van der Waals surface area contributed by atoms with Gasteiger partial charge in [-0.25, -0.2) is 0 Å². The SMILES string of the molecule is O=C1OC[C@H](C(O)c2cccc(O)c2)[C@H]1Cc1cccc(O)c1. The maximum Gasteiger partial charge on any atom is 0.309 e. The van der Waals surface area contributed by atoms with Crippen LogP contribution in [-0.4, -0.2) is 27.9 Å². The summed E-state index contributed by atoms with van der Waals surface area (Å²) in [6, 6.07) is 13.1. The fourth-order valence-electron chi connectivity index (χ4n) is 3.02. The van der Waals surface area contributed by atoms with E-state index in [-0.39, 0.29) is 24.1 Å². The highest BCUT2D eigenvalue weighted by Crippen LogP contribution is 2.36. The fourth-order valence-corrected chi connectivity index (χ4v) is 3.02. The molecule has 2 aromatic rings. The number of aliphatic hydroxyl groups is 1. The Hall–Kier alpha value is -2.53. The first-order chi connectivity index (χ1) is 11.0. The number of aromatic hydroxyl groups is 2.